The maximum absolute atomic E-state index is 12.4. The zero-order chi connectivity index (χ0) is 19.1. The van der Waals surface area contributed by atoms with Gasteiger partial charge in [-0.25, -0.2) is 0 Å². The maximum Gasteiger partial charge on any atom is 0.275 e. The summed E-state index contributed by atoms with van der Waals surface area (Å²) >= 11 is 1.25. The molecule has 0 amide bonds. The number of anilines is 1. The molecule has 1 aromatic heterocycles. The van der Waals surface area contributed by atoms with Crippen LogP contribution in [-0.2, 0) is 13.0 Å². The number of fused-ring (bicyclic) bond motifs is 1. The van der Waals surface area contributed by atoms with Gasteiger partial charge in [-0.2, -0.15) is 0 Å². The van der Waals surface area contributed by atoms with Crippen LogP contribution in [0.25, 0.3) is 5.88 Å². The lowest BCUT2D eigenvalue weighted by Crippen LogP contribution is -2.35. The summed E-state index contributed by atoms with van der Waals surface area (Å²) in [5, 5.41) is 13.3. The van der Waals surface area contributed by atoms with E-state index < -0.39 is 0 Å². The Kier molecular flexibility index (Phi) is 7.10. The van der Waals surface area contributed by atoms with Gasteiger partial charge in [0.1, 0.15) is 0 Å². The Morgan fingerprint density at radius 3 is 2.67 bits per heavy atom. The standard InChI is InChI=1S/C21H29N3O2S/c1-2-3-4-5-6-7-9-16-10-12-17(13-11-16)23-19(25)18-20(26)24-15-8-14-22-21(24)27-18/h10-13,23,25H,2-9,14-15H2,1H3/b19-18-. The lowest BCUT2D eigenvalue weighted by molar-refractivity contribution is 0.501. The first kappa shape index (κ1) is 19.7. The monoisotopic (exact) mass is 387 g/mol. The van der Waals surface area contributed by atoms with E-state index >= 15 is 0 Å². The molecule has 0 radical (unpaired) electrons. The number of aliphatic hydroxyl groups excluding tert-OH is 1. The third kappa shape index (κ3) is 5.22. The molecule has 0 saturated carbocycles. The molecule has 2 aromatic rings. The van der Waals surface area contributed by atoms with Gasteiger partial charge >= 0.3 is 0 Å². The van der Waals surface area contributed by atoms with Gasteiger partial charge in [-0.3, -0.25) is 14.4 Å². The van der Waals surface area contributed by atoms with Crippen molar-refractivity contribution in [3.8, 4) is 0 Å². The number of hydrogen-bond acceptors (Lipinski definition) is 5. The average molecular weight is 388 g/mol. The van der Waals surface area contributed by atoms with Crippen molar-refractivity contribution in [1.29, 1.82) is 0 Å². The number of aliphatic hydroxyl groups is 1. The van der Waals surface area contributed by atoms with E-state index in [1.54, 1.807) is 4.57 Å². The quantitative estimate of drug-likeness (QED) is 0.647. The molecule has 0 spiro atoms. The molecule has 2 N–H and O–H groups in total. The fraction of sp³-hybridized carbons (Fsp3) is 0.524. The summed E-state index contributed by atoms with van der Waals surface area (Å²) in [6.45, 7) is 3.66. The molecule has 1 aromatic carbocycles. The number of thiazole rings is 1. The van der Waals surface area contributed by atoms with E-state index in [1.807, 2.05) is 12.1 Å². The summed E-state index contributed by atoms with van der Waals surface area (Å²) in [4.78, 5) is 17.5. The summed E-state index contributed by atoms with van der Waals surface area (Å²) in [6.07, 6.45) is 9.75. The van der Waals surface area contributed by atoms with Crippen molar-refractivity contribution in [2.75, 3.05) is 11.9 Å². The zero-order valence-electron chi connectivity index (χ0n) is 16.0. The molecule has 0 unspecified atom stereocenters. The van der Waals surface area contributed by atoms with E-state index in [0.717, 1.165) is 25.1 Å². The Hall–Kier alpha value is -2.08. The molecule has 1 aliphatic heterocycles. The van der Waals surface area contributed by atoms with Crippen molar-refractivity contribution in [2.24, 2.45) is 4.99 Å². The maximum atomic E-state index is 12.4. The van der Waals surface area contributed by atoms with Crippen molar-refractivity contribution in [3.05, 3.63) is 49.5 Å². The number of nitrogens with zero attached hydrogens (tertiary/aromatic N) is 2. The smallest absolute Gasteiger partial charge is 0.275 e. The van der Waals surface area contributed by atoms with Crippen LogP contribution in [0.3, 0.4) is 0 Å². The van der Waals surface area contributed by atoms with Gasteiger partial charge in [-0.15, -0.1) is 0 Å². The van der Waals surface area contributed by atoms with Crippen LogP contribution < -0.4 is 20.2 Å². The fourth-order valence-corrected chi connectivity index (χ4v) is 4.29. The zero-order valence-corrected chi connectivity index (χ0v) is 16.9. The number of rotatable bonds is 9. The number of unbranched alkanes of at least 4 members (excludes halogenated alkanes) is 5. The molecule has 1 aliphatic rings. The number of aromatic nitrogens is 1. The minimum atomic E-state index is -0.164. The van der Waals surface area contributed by atoms with Crippen molar-refractivity contribution < 1.29 is 5.11 Å². The molecule has 6 heteroatoms. The largest absolute Gasteiger partial charge is 0.493 e. The Bertz CT molecular complexity index is 912. The van der Waals surface area contributed by atoms with Crippen LogP contribution >= 0.6 is 11.3 Å². The highest BCUT2D eigenvalue weighted by Crippen LogP contribution is 2.14. The van der Waals surface area contributed by atoms with Gasteiger partial charge in [-0.05, 0) is 37.0 Å². The van der Waals surface area contributed by atoms with E-state index in [4.69, 9.17) is 0 Å². The van der Waals surface area contributed by atoms with E-state index in [1.165, 1.54) is 55.4 Å². The third-order valence-electron chi connectivity index (χ3n) is 4.90. The topological polar surface area (TPSA) is 66.6 Å². The fourth-order valence-electron chi connectivity index (χ4n) is 3.33. The van der Waals surface area contributed by atoms with Crippen molar-refractivity contribution in [1.82, 2.24) is 4.57 Å². The second-order valence-electron chi connectivity index (χ2n) is 7.09. The summed E-state index contributed by atoms with van der Waals surface area (Å²) in [7, 11) is 0. The Balaban J connectivity index is 1.60. The predicted octanol–water partition coefficient (Wildman–Crippen LogP) is 3.57. The highest BCUT2D eigenvalue weighted by molar-refractivity contribution is 7.07. The molecule has 0 aliphatic carbocycles. The molecule has 27 heavy (non-hydrogen) atoms. The van der Waals surface area contributed by atoms with E-state index in [9.17, 15) is 9.90 Å². The van der Waals surface area contributed by atoms with E-state index in [-0.39, 0.29) is 11.4 Å². The second-order valence-corrected chi connectivity index (χ2v) is 8.07. The summed E-state index contributed by atoms with van der Waals surface area (Å²) in [5.41, 5.74) is 1.93. The molecule has 0 saturated heterocycles. The van der Waals surface area contributed by atoms with Gasteiger partial charge in [0, 0.05) is 18.8 Å². The average Bonchev–Trinajstić information content (AvgIpc) is 3.03. The van der Waals surface area contributed by atoms with Crippen LogP contribution in [0.4, 0.5) is 5.69 Å². The molecular weight excluding hydrogens is 358 g/mol. The molecule has 5 nitrogen and oxygen atoms in total. The van der Waals surface area contributed by atoms with Gasteiger partial charge in [0.05, 0.1) is 0 Å². The number of aryl methyl sites for hydroxylation is 1. The molecule has 0 bridgehead atoms. The van der Waals surface area contributed by atoms with Gasteiger partial charge in [0.2, 0.25) is 5.88 Å². The third-order valence-corrected chi connectivity index (χ3v) is 6.01. The van der Waals surface area contributed by atoms with Crippen molar-refractivity contribution >= 4 is 22.9 Å². The van der Waals surface area contributed by atoms with Crippen LogP contribution in [0.2, 0.25) is 0 Å². The van der Waals surface area contributed by atoms with E-state index in [0.29, 0.717) is 15.9 Å². The predicted molar refractivity (Wildman–Crippen MR) is 112 cm³/mol. The van der Waals surface area contributed by atoms with Crippen molar-refractivity contribution in [3.63, 3.8) is 0 Å². The van der Waals surface area contributed by atoms with Crippen molar-refractivity contribution in [2.45, 2.75) is 64.8 Å². The number of benzene rings is 1. The minimum absolute atomic E-state index is 0.0919. The number of nitrogens with one attached hydrogen (secondary N) is 1. The lowest BCUT2D eigenvalue weighted by Gasteiger charge is -2.06. The Labute approximate surface area is 164 Å². The molecule has 0 fully saturated rings. The molecule has 2 heterocycles. The first-order valence-corrected chi connectivity index (χ1v) is 10.8. The summed E-state index contributed by atoms with van der Waals surface area (Å²) in [5.74, 6) is -0.0919. The van der Waals surface area contributed by atoms with Crippen LogP contribution in [-0.4, -0.2) is 16.2 Å². The van der Waals surface area contributed by atoms with Crippen LogP contribution in [0.1, 0.15) is 57.4 Å². The SMILES string of the molecule is CCCCCCCCc1ccc(N/C(O)=c2/sc3n(c2=O)CCCN=3)cc1. The molecular formula is C21H29N3O2S. The van der Waals surface area contributed by atoms with E-state index in [2.05, 4.69) is 29.4 Å². The van der Waals surface area contributed by atoms with Crippen LogP contribution in [0.5, 0.6) is 0 Å². The Morgan fingerprint density at radius 1 is 1.19 bits per heavy atom. The van der Waals surface area contributed by atoms with Gasteiger partial charge in [0.15, 0.2) is 9.33 Å². The van der Waals surface area contributed by atoms with Gasteiger partial charge in [0.25, 0.3) is 5.56 Å². The highest BCUT2D eigenvalue weighted by atomic mass is 32.1. The van der Waals surface area contributed by atoms with Crippen LogP contribution in [0.15, 0.2) is 34.1 Å². The summed E-state index contributed by atoms with van der Waals surface area (Å²) < 4.78 is 1.97. The molecule has 0 atom stereocenters. The minimum Gasteiger partial charge on any atom is -0.493 e. The van der Waals surface area contributed by atoms with Gasteiger partial charge in [-0.1, -0.05) is 62.5 Å². The first-order valence-electron chi connectivity index (χ1n) is 10.0. The molecule has 146 valence electrons. The number of hydrogen-bond donors (Lipinski definition) is 2. The first-order chi connectivity index (χ1) is 13.2. The summed E-state index contributed by atoms with van der Waals surface area (Å²) in [6, 6.07) is 8.09. The normalized spacial score (nSPS) is 14.4. The van der Waals surface area contributed by atoms with Gasteiger partial charge < -0.3 is 10.4 Å². The van der Waals surface area contributed by atoms with Crippen LogP contribution in [0, 0.1) is 0 Å². The lowest BCUT2D eigenvalue weighted by atomic mass is 10.0. The second kappa shape index (κ2) is 9.74. The molecule has 3 rings (SSSR count). The highest BCUT2D eigenvalue weighted by Gasteiger charge is 2.12. The Morgan fingerprint density at radius 2 is 1.93 bits per heavy atom.